The molecule has 5 nitrogen and oxygen atoms in total. The van der Waals surface area contributed by atoms with Crippen LogP contribution in [0.4, 0.5) is 12.0 Å². The zero-order valence-electron chi connectivity index (χ0n) is 7.57. The number of aromatic nitrogens is 2. The molecule has 1 fully saturated rings. The molecule has 0 radical (unpaired) electrons. The van der Waals surface area contributed by atoms with Crippen LogP contribution in [0.25, 0.3) is 0 Å². The smallest absolute Gasteiger partial charge is 0.320 e. The van der Waals surface area contributed by atoms with Gasteiger partial charge in [-0.1, -0.05) is 12.8 Å². The highest BCUT2D eigenvalue weighted by molar-refractivity contribution is 5.31. The second kappa shape index (κ2) is 3.64. The van der Waals surface area contributed by atoms with E-state index in [0.717, 1.165) is 13.1 Å². The van der Waals surface area contributed by atoms with Crippen molar-refractivity contribution in [3.8, 4) is 0 Å². The van der Waals surface area contributed by atoms with E-state index >= 15 is 0 Å². The lowest BCUT2D eigenvalue weighted by atomic mass is 10.2. The van der Waals surface area contributed by atoms with Crippen LogP contribution < -0.4 is 10.6 Å². The first kappa shape index (κ1) is 8.34. The van der Waals surface area contributed by atoms with Gasteiger partial charge in [-0.15, -0.1) is 0 Å². The number of hydrogen-bond acceptors (Lipinski definition) is 5. The lowest BCUT2D eigenvalue weighted by molar-refractivity contribution is 0.433. The second-order valence-corrected chi connectivity index (χ2v) is 3.33. The first-order valence-corrected chi connectivity index (χ1v) is 4.70. The fraction of sp³-hybridized carbons (Fsp3) is 0.750. The van der Waals surface area contributed by atoms with Crippen LogP contribution in [-0.4, -0.2) is 23.2 Å². The fourth-order valence-corrected chi connectivity index (χ4v) is 1.63. The molecule has 5 heteroatoms. The molecule has 1 aliphatic rings. The van der Waals surface area contributed by atoms with Crippen molar-refractivity contribution in [2.45, 2.75) is 25.7 Å². The van der Waals surface area contributed by atoms with Crippen molar-refractivity contribution in [1.82, 2.24) is 10.1 Å². The normalized spacial score (nSPS) is 18.6. The molecule has 1 saturated heterocycles. The van der Waals surface area contributed by atoms with Gasteiger partial charge in [0.25, 0.3) is 5.95 Å². The Bertz CT molecular complexity index is 265. The summed E-state index contributed by atoms with van der Waals surface area (Å²) in [4.78, 5) is 6.13. The third-order valence-electron chi connectivity index (χ3n) is 2.32. The van der Waals surface area contributed by atoms with Gasteiger partial charge in [-0.2, -0.15) is 4.98 Å². The molecule has 13 heavy (non-hydrogen) atoms. The molecule has 0 bridgehead atoms. The van der Waals surface area contributed by atoms with Crippen LogP contribution in [0, 0.1) is 0 Å². The molecular weight excluding hydrogens is 168 g/mol. The zero-order valence-corrected chi connectivity index (χ0v) is 7.57. The Kier molecular flexibility index (Phi) is 2.33. The molecule has 1 aliphatic heterocycles. The summed E-state index contributed by atoms with van der Waals surface area (Å²) in [6.07, 6.45) is 5.00. The van der Waals surface area contributed by atoms with Crippen molar-refractivity contribution >= 4 is 12.0 Å². The average molecular weight is 182 g/mol. The second-order valence-electron chi connectivity index (χ2n) is 3.33. The van der Waals surface area contributed by atoms with Crippen LogP contribution >= 0.6 is 0 Å². The maximum absolute atomic E-state index is 5.36. The van der Waals surface area contributed by atoms with Crippen molar-refractivity contribution < 1.29 is 4.52 Å². The predicted octanol–water partition coefficient (Wildman–Crippen LogP) is 1.03. The van der Waals surface area contributed by atoms with Crippen molar-refractivity contribution in [3.05, 3.63) is 0 Å². The number of nitrogens with zero attached hydrogens (tertiary/aromatic N) is 3. The van der Waals surface area contributed by atoms with Gasteiger partial charge in [0.05, 0.1) is 0 Å². The summed E-state index contributed by atoms with van der Waals surface area (Å²) < 4.78 is 4.73. The summed E-state index contributed by atoms with van der Waals surface area (Å²) in [5, 5.41) is 3.80. The van der Waals surface area contributed by atoms with Crippen molar-refractivity contribution in [3.63, 3.8) is 0 Å². The van der Waals surface area contributed by atoms with Crippen LogP contribution in [-0.2, 0) is 0 Å². The average Bonchev–Trinajstić information content (AvgIpc) is 2.43. The highest BCUT2D eigenvalue weighted by atomic mass is 16.5. The van der Waals surface area contributed by atoms with Crippen LogP contribution in [0.1, 0.15) is 25.7 Å². The first-order valence-electron chi connectivity index (χ1n) is 4.70. The fourth-order valence-electron chi connectivity index (χ4n) is 1.63. The Balaban J connectivity index is 2.06. The molecular formula is C8H14N4O. The van der Waals surface area contributed by atoms with Gasteiger partial charge >= 0.3 is 6.01 Å². The van der Waals surface area contributed by atoms with E-state index in [1.54, 1.807) is 0 Å². The van der Waals surface area contributed by atoms with Gasteiger partial charge in [0.1, 0.15) is 0 Å². The van der Waals surface area contributed by atoms with Gasteiger partial charge in [-0.3, -0.25) is 0 Å². The summed E-state index contributed by atoms with van der Waals surface area (Å²) in [6, 6.07) is 0.152. The van der Waals surface area contributed by atoms with E-state index in [1.807, 2.05) is 0 Å². The van der Waals surface area contributed by atoms with E-state index in [4.69, 9.17) is 10.3 Å². The highest BCUT2D eigenvalue weighted by Crippen LogP contribution is 2.16. The topological polar surface area (TPSA) is 68.2 Å². The number of rotatable bonds is 1. The van der Waals surface area contributed by atoms with Gasteiger partial charge < -0.3 is 15.2 Å². The molecule has 1 aromatic rings. The molecule has 0 atom stereocenters. The van der Waals surface area contributed by atoms with Crippen LogP contribution in [0.5, 0.6) is 0 Å². The first-order chi connectivity index (χ1) is 6.36. The third-order valence-corrected chi connectivity index (χ3v) is 2.32. The van der Waals surface area contributed by atoms with E-state index in [2.05, 4.69) is 15.0 Å². The molecule has 72 valence electrons. The highest BCUT2D eigenvalue weighted by Gasteiger charge is 2.14. The van der Waals surface area contributed by atoms with Crippen molar-refractivity contribution in [1.29, 1.82) is 0 Å². The third kappa shape index (κ3) is 1.91. The standard InChI is InChI=1S/C8H14N4O/c9-7-10-8(11-13-7)12-5-3-1-2-4-6-12/h1-6H2,(H2,9,10,11). The minimum absolute atomic E-state index is 0.152. The summed E-state index contributed by atoms with van der Waals surface area (Å²) in [5.41, 5.74) is 5.36. The van der Waals surface area contributed by atoms with Crippen LogP contribution in [0.3, 0.4) is 0 Å². The maximum Gasteiger partial charge on any atom is 0.320 e. The summed E-state index contributed by atoms with van der Waals surface area (Å²) in [5.74, 6) is 0.638. The van der Waals surface area contributed by atoms with E-state index in [-0.39, 0.29) is 6.01 Å². The number of nitrogen functional groups attached to an aromatic ring is 1. The molecule has 0 unspecified atom stereocenters. The van der Waals surface area contributed by atoms with Gasteiger partial charge in [-0.05, 0) is 18.0 Å². The van der Waals surface area contributed by atoms with E-state index < -0.39 is 0 Å². The molecule has 0 aromatic carbocycles. The van der Waals surface area contributed by atoms with Crippen molar-refractivity contribution in [2.75, 3.05) is 23.7 Å². The van der Waals surface area contributed by atoms with Gasteiger partial charge in [0, 0.05) is 13.1 Å². The zero-order chi connectivity index (χ0) is 9.10. The Morgan fingerprint density at radius 1 is 1.15 bits per heavy atom. The number of hydrogen-bond donors (Lipinski definition) is 1. The quantitative estimate of drug-likeness (QED) is 0.702. The Morgan fingerprint density at radius 3 is 2.38 bits per heavy atom. The minimum Gasteiger partial charge on any atom is -0.351 e. The summed E-state index contributed by atoms with van der Waals surface area (Å²) in [7, 11) is 0. The number of anilines is 2. The SMILES string of the molecule is Nc1nc(N2CCCCCC2)no1. The van der Waals surface area contributed by atoms with Gasteiger partial charge in [0.15, 0.2) is 0 Å². The molecule has 1 aromatic heterocycles. The van der Waals surface area contributed by atoms with Gasteiger partial charge in [0.2, 0.25) is 0 Å². The van der Waals surface area contributed by atoms with E-state index in [0.29, 0.717) is 5.95 Å². The lowest BCUT2D eigenvalue weighted by Gasteiger charge is -2.16. The molecule has 0 amide bonds. The maximum atomic E-state index is 5.36. The predicted molar refractivity (Wildman–Crippen MR) is 49.4 cm³/mol. The van der Waals surface area contributed by atoms with Crippen LogP contribution in [0.2, 0.25) is 0 Å². The molecule has 0 aliphatic carbocycles. The molecule has 2 heterocycles. The molecule has 0 spiro atoms. The van der Waals surface area contributed by atoms with E-state index in [1.165, 1.54) is 25.7 Å². The Morgan fingerprint density at radius 2 is 1.85 bits per heavy atom. The Hall–Kier alpha value is -1.26. The van der Waals surface area contributed by atoms with Gasteiger partial charge in [-0.25, -0.2) is 0 Å². The summed E-state index contributed by atoms with van der Waals surface area (Å²) >= 11 is 0. The molecule has 2 rings (SSSR count). The Labute approximate surface area is 76.9 Å². The molecule has 0 saturated carbocycles. The summed E-state index contributed by atoms with van der Waals surface area (Å²) in [6.45, 7) is 2.03. The largest absolute Gasteiger partial charge is 0.351 e. The van der Waals surface area contributed by atoms with Crippen molar-refractivity contribution in [2.24, 2.45) is 0 Å². The van der Waals surface area contributed by atoms with Crippen LogP contribution in [0.15, 0.2) is 4.52 Å². The van der Waals surface area contributed by atoms with E-state index in [9.17, 15) is 0 Å². The lowest BCUT2D eigenvalue weighted by Crippen LogP contribution is -2.24. The number of nitrogens with two attached hydrogens (primary N) is 1. The minimum atomic E-state index is 0.152. The monoisotopic (exact) mass is 182 g/mol. The molecule has 2 N–H and O–H groups in total.